The molecular weight excluding hydrogens is 440 g/mol. The highest BCUT2D eigenvalue weighted by molar-refractivity contribution is 7.89. The second kappa shape index (κ2) is 10.4. The van der Waals surface area contributed by atoms with Crippen molar-refractivity contribution in [1.82, 2.24) is 4.31 Å². The number of amides is 1. The zero-order valence-electron chi connectivity index (χ0n) is 17.4. The number of carbonyl (C=O) groups is 1. The molecule has 0 aromatic heterocycles. The maximum absolute atomic E-state index is 12.9. The van der Waals surface area contributed by atoms with Crippen molar-refractivity contribution in [2.75, 3.05) is 50.6 Å². The molecule has 0 radical (unpaired) electrons. The third-order valence-corrected chi connectivity index (χ3v) is 6.72. The first-order valence-corrected chi connectivity index (χ1v) is 11.3. The summed E-state index contributed by atoms with van der Waals surface area (Å²) in [6, 6.07) is 10.4. The van der Waals surface area contributed by atoms with Gasteiger partial charge in [0, 0.05) is 32.1 Å². The Kier molecular flexibility index (Phi) is 7.62. The molecule has 0 spiro atoms. The van der Waals surface area contributed by atoms with Crippen LogP contribution in [0.15, 0.2) is 47.4 Å². The number of hydrogen-bond donors (Lipinski definition) is 2. The van der Waals surface area contributed by atoms with Crippen molar-refractivity contribution in [2.24, 2.45) is 0 Å². The van der Waals surface area contributed by atoms with Crippen LogP contribution in [0.5, 0.6) is 5.75 Å². The maximum Gasteiger partial charge on any atom is 0.292 e. The average molecular weight is 465 g/mol. The summed E-state index contributed by atoms with van der Waals surface area (Å²) in [7, 11) is -2.33. The summed E-state index contributed by atoms with van der Waals surface area (Å²) in [6.45, 7) is 1.31. The normalized spacial score (nSPS) is 14.5. The molecule has 3 rings (SSSR count). The monoisotopic (exact) mass is 464 g/mol. The highest BCUT2D eigenvalue weighted by Gasteiger charge is 2.27. The number of nitro benzene ring substituents is 1. The highest BCUT2D eigenvalue weighted by Crippen LogP contribution is 2.29. The van der Waals surface area contributed by atoms with Gasteiger partial charge >= 0.3 is 0 Å². The van der Waals surface area contributed by atoms with Crippen LogP contribution in [-0.4, -0.2) is 63.5 Å². The van der Waals surface area contributed by atoms with E-state index in [9.17, 15) is 23.3 Å². The number of hydrogen-bond acceptors (Lipinski definition) is 8. The third-order valence-electron chi connectivity index (χ3n) is 4.82. The Labute approximate surface area is 185 Å². The predicted octanol–water partition coefficient (Wildman–Crippen LogP) is 2.06. The Morgan fingerprint density at radius 1 is 1.19 bits per heavy atom. The number of sulfonamides is 1. The van der Waals surface area contributed by atoms with Crippen molar-refractivity contribution in [3.8, 4) is 5.75 Å². The number of methoxy groups -OCH3 is 1. The topological polar surface area (TPSA) is 140 Å². The maximum atomic E-state index is 12.9. The van der Waals surface area contributed by atoms with Crippen LogP contribution < -0.4 is 15.4 Å². The van der Waals surface area contributed by atoms with Gasteiger partial charge in [0.25, 0.3) is 5.69 Å². The van der Waals surface area contributed by atoms with Crippen molar-refractivity contribution in [1.29, 1.82) is 0 Å². The van der Waals surface area contributed by atoms with Gasteiger partial charge in [-0.15, -0.1) is 0 Å². The van der Waals surface area contributed by atoms with Crippen LogP contribution in [-0.2, 0) is 19.6 Å². The molecule has 1 amide bonds. The number of nitro groups is 1. The SMILES string of the molecule is COc1ccc(S(=O)(=O)N2CCOCC2)cc1NC(=O)CCNc1ccccc1[N+](=O)[O-]. The molecule has 12 heteroatoms. The van der Waals surface area contributed by atoms with Crippen LogP contribution in [0.4, 0.5) is 17.1 Å². The molecule has 0 unspecified atom stereocenters. The van der Waals surface area contributed by atoms with Crippen molar-refractivity contribution < 1.29 is 27.6 Å². The Morgan fingerprint density at radius 2 is 1.91 bits per heavy atom. The van der Waals surface area contributed by atoms with E-state index in [0.717, 1.165) is 0 Å². The zero-order valence-corrected chi connectivity index (χ0v) is 18.3. The minimum atomic E-state index is -3.74. The fraction of sp³-hybridized carbons (Fsp3) is 0.350. The standard InChI is InChI=1S/C20H24N4O7S/c1-30-19-7-6-15(32(28,29)23-10-12-31-13-11-23)14-17(19)22-20(25)8-9-21-16-4-2-3-5-18(16)24(26)27/h2-7,14,21H,8-13H2,1H3,(H,22,25). The van der Waals surface area contributed by atoms with Gasteiger partial charge in [0.1, 0.15) is 11.4 Å². The van der Waals surface area contributed by atoms with E-state index in [2.05, 4.69) is 10.6 Å². The van der Waals surface area contributed by atoms with Crippen molar-refractivity contribution >= 4 is 33.0 Å². The molecular formula is C20H24N4O7S. The number of carbonyl (C=O) groups excluding carboxylic acids is 1. The summed E-state index contributed by atoms with van der Waals surface area (Å²) in [6.07, 6.45) is -0.00432. The Bertz CT molecular complexity index is 1090. The van der Waals surface area contributed by atoms with Gasteiger partial charge in [-0.2, -0.15) is 4.31 Å². The van der Waals surface area contributed by atoms with Gasteiger partial charge in [0.05, 0.1) is 35.8 Å². The summed E-state index contributed by atoms with van der Waals surface area (Å²) >= 11 is 0. The molecule has 0 saturated carbocycles. The van der Waals surface area contributed by atoms with Gasteiger partial charge in [-0.05, 0) is 24.3 Å². The number of anilines is 2. The molecule has 1 heterocycles. The summed E-state index contributed by atoms with van der Waals surface area (Å²) < 4.78 is 37.6. The lowest BCUT2D eigenvalue weighted by atomic mass is 10.2. The van der Waals surface area contributed by atoms with Gasteiger partial charge in [-0.3, -0.25) is 14.9 Å². The summed E-state index contributed by atoms with van der Waals surface area (Å²) in [5, 5.41) is 16.6. The van der Waals surface area contributed by atoms with Gasteiger partial charge < -0.3 is 20.1 Å². The smallest absolute Gasteiger partial charge is 0.292 e. The fourth-order valence-electron chi connectivity index (χ4n) is 3.19. The van der Waals surface area contributed by atoms with Crippen LogP contribution in [0.3, 0.4) is 0 Å². The first-order valence-electron chi connectivity index (χ1n) is 9.86. The van der Waals surface area contributed by atoms with E-state index in [0.29, 0.717) is 24.7 Å². The first kappa shape index (κ1) is 23.4. The number of rotatable bonds is 9. The molecule has 1 saturated heterocycles. The zero-order chi connectivity index (χ0) is 23.1. The van der Waals surface area contributed by atoms with E-state index < -0.39 is 20.9 Å². The van der Waals surface area contributed by atoms with E-state index in [4.69, 9.17) is 9.47 Å². The van der Waals surface area contributed by atoms with E-state index >= 15 is 0 Å². The minimum Gasteiger partial charge on any atom is -0.495 e. The number of nitrogens with zero attached hydrogens (tertiary/aromatic N) is 2. The molecule has 1 fully saturated rings. The molecule has 2 aromatic rings. The molecule has 32 heavy (non-hydrogen) atoms. The first-order chi connectivity index (χ1) is 15.3. The molecule has 0 atom stereocenters. The summed E-state index contributed by atoms with van der Waals surface area (Å²) in [5.74, 6) is -0.0961. The Balaban J connectivity index is 1.67. The van der Waals surface area contributed by atoms with Gasteiger partial charge in [0.15, 0.2) is 0 Å². The van der Waals surface area contributed by atoms with Crippen molar-refractivity contribution in [3.05, 3.63) is 52.6 Å². The van der Waals surface area contributed by atoms with Crippen molar-refractivity contribution in [3.63, 3.8) is 0 Å². The molecule has 1 aliphatic rings. The second-order valence-corrected chi connectivity index (χ2v) is 8.82. The number of ether oxygens (including phenoxy) is 2. The lowest BCUT2D eigenvalue weighted by Gasteiger charge is -2.26. The van der Waals surface area contributed by atoms with Crippen molar-refractivity contribution in [2.45, 2.75) is 11.3 Å². The van der Waals surface area contributed by atoms with E-state index in [-0.39, 0.29) is 42.3 Å². The van der Waals surface area contributed by atoms with Gasteiger partial charge in [0.2, 0.25) is 15.9 Å². The summed E-state index contributed by atoms with van der Waals surface area (Å²) in [5.41, 5.74) is 0.439. The average Bonchev–Trinajstić information content (AvgIpc) is 2.79. The predicted molar refractivity (Wildman–Crippen MR) is 117 cm³/mol. The van der Waals surface area contributed by atoms with Gasteiger partial charge in [-0.25, -0.2) is 8.42 Å². The minimum absolute atomic E-state index is 0.00432. The number of benzene rings is 2. The van der Waals surface area contributed by atoms with Crippen LogP contribution >= 0.6 is 0 Å². The number of nitrogens with one attached hydrogen (secondary N) is 2. The fourth-order valence-corrected chi connectivity index (χ4v) is 4.62. The summed E-state index contributed by atoms with van der Waals surface area (Å²) in [4.78, 5) is 23.0. The van der Waals surface area contributed by atoms with Crippen LogP contribution in [0.2, 0.25) is 0 Å². The quantitative estimate of drug-likeness (QED) is 0.425. The lowest BCUT2D eigenvalue weighted by Crippen LogP contribution is -2.40. The lowest BCUT2D eigenvalue weighted by molar-refractivity contribution is -0.384. The number of para-hydroxylation sites is 2. The molecule has 2 N–H and O–H groups in total. The highest BCUT2D eigenvalue weighted by atomic mass is 32.2. The molecule has 0 aliphatic carbocycles. The third kappa shape index (κ3) is 5.52. The molecule has 1 aliphatic heterocycles. The Hall–Kier alpha value is -3.22. The van der Waals surface area contributed by atoms with E-state index in [1.807, 2.05) is 0 Å². The van der Waals surface area contributed by atoms with Crippen LogP contribution in [0, 0.1) is 10.1 Å². The molecule has 0 bridgehead atoms. The largest absolute Gasteiger partial charge is 0.495 e. The van der Waals surface area contributed by atoms with Gasteiger partial charge in [-0.1, -0.05) is 12.1 Å². The second-order valence-electron chi connectivity index (χ2n) is 6.88. The van der Waals surface area contributed by atoms with E-state index in [1.54, 1.807) is 18.2 Å². The van der Waals surface area contributed by atoms with E-state index in [1.165, 1.54) is 35.7 Å². The molecule has 2 aromatic carbocycles. The number of morpholine rings is 1. The van der Waals surface area contributed by atoms with Crippen LogP contribution in [0.1, 0.15) is 6.42 Å². The Morgan fingerprint density at radius 3 is 2.59 bits per heavy atom. The van der Waals surface area contributed by atoms with Crippen LogP contribution in [0.25, 0.3) is 0 Å². The molecule has 172 valence electrons. The molecule has 11 nitrogen and oxygen atoms in total.